The van der Waals surface area contributed by atoms with Crippen LogP contribution in [0.1, 0.15) is 26.3 Å². The molecule has 0 radical (unpaired) electrons. The fourth-order valence-electron chi connectivity index (χ4n) is 4.52. The Balaban J connectivity index is 0.00000181. The van der Waals surface area contributed by atoms with E-state index in [1.807, 2.05) is 36.4 Å². The van der Waals surface area contributed by atoms with Gasteiger partial charge in [0.15, 0.2) is 0 Å². The van der Waals surface area contributed by atoms with Crippen LogP contribution in [0.3, 0.4) is 0 Å². The Morgan fingerprint density at radius 3 is 2.34 bits per heavy atom. The summed E-state index contributed by atoms with van der Waals surface area (Å²) in [7, 11) is 0. The molecule has 5 aromatic carbocycles. The van der Waals surface area contributed by atoms with Gasteiger partial charge in [-0.15, -0.1) is 0 Å². The average Bonchev–Trinajstić information content (AvgIpc) is 2.70. The minimum atomic E-state index is -0.528. The van der Waals surface area contributed by atoms with Crippen LogP contribution in [0.2, 0.25) is 0 Å². The van der Waals surface area contributed by atoms with Gasteiger partial charge in [0.05, 0.1) is 23.4 Å². The van der Waals surface area contributed by atoms with Crippen LogP contribution in [-0.2, 0) is 0 Å². The van der Waals surface area contributed by atoms with Crippen LogP contribution in [0.25, 0.3) is 48.4 Å². The molecule has 0 aromatic heterocycles. The van der Waals surface area contributed by atoms with Gasteiger partial charge in [-0.3, -0.25) is 0 Å². The van der Waals surface area contributed by atoms with Gasteiger partial charge in [-0.05, 0) is 39.1 Å². The number of carbonyl (C=O) groups excluding carboxylic acids is 2. The van der Waals surface area contributed by atoms with Crippen molar-refractivity contribution in [1.29, 1.82) is 5.26 Å². The van der Waals surface area contributed by atoms with E-state index in [9.17, 15) is 14.9 Å². The normalized spacial score (nSPS) is 13.1. The number of nitriles is 1. The van der Waals surface area contributed by atoms with Crippen LogP contribution in [-0.4, -0.2) is 11.8 Å². The van der Waals surface area contributed by atoms with Gasteiger partial charge in [0.25, 0.3) is 0 Å². The van der Waals surface area contributed by atoms with Crippen molar-refractivity contribution in [3.63, 3.8) is 0 Å². The predicted octanol–water partition coefficient (Wildman–Crippen LogP) is 3.04. The molecule has 4 nitrogen and oxygen atoms in total. The van der Waals surface area contributed by atoms with Crippen LogP contribution in [0.15, 0.2) is 53.0 Å². The fourth-order valence-corrected chi connectivity index (χ4v) is 5.16. The SMILES string of the molecule is N#Cc1ccc2cccc3c4c(Br)cc5c6c(ccc(c1c23)c64)C(=O)[N-]C5=O.[Rb+]. The largest absolute Gasteiger partial charge is 1.00 e. The van der Waals surface area contributed by atoms with Crippen molar-refractivity contribution in [3.05, 3.63) is 75.0 Å². The third-order valence-corrected chi connectivity index (χ3v) is 6.23. The van der Waals surface area contributed by atoms with E-state index in [4.69, 9.17) is 0 Å². The molecule has 1 aliphatic heterocycles. The Hall–Kier alpha value is -1.68. The maximum atomic E-state index is 12.5. The number of benzene rings is 5. The quantitative estimate of drug-likeness (QED) is 0.183. The molecular weight excluding hydrogens is 502 g/mol. The first-order valence-corrected chi connectivity index (χ1v) is 9.45. The van der Waals surface area contributed by atoms with E-state index >= 15 is 0 Å². The van der Waals surface area contributed by atoms with Crippen molar-refractivity contribution in [2.45, 2.75) is 0 Å². The van der Waals surface area contributed by atoms with Crippen molar-refractivity contribution in [2.75, 3.05) is 0 Å². The molecule has 6 heteroatoms. The van der Waals surface area contributed by atoms with E-state index in [1.165, 1.54) is 0 Å². The Kier molecular flexibility index (Phi) is 4.43. The molecule has 0 fully saturated rings. The number of rotatable bonds is 0. The van der Waals surface area contributed by atoms with Gasteiger partial charge in [-0.1, -0.05) is 52.3 Å². The second-order valence-corrected chi connectivity index (χ2v) is 7.77. The number of imide groups is 1. The number of halogens is 1. The third-order valence-electron chi connectivity index (χ3n) is 5.60. The Morgan fingerprint density at radius 2 is 1.55 bits per heavy atom. The smallest absolute Gasteiger partial charge is 0.587 e. The maximum Gasteiger partial charge on any atom is 1.00 e. The summed E-state index contributed by atoms with van der Waals surface area (Å²) in [6, 6.07) is 17.4. The zero-order chi connectivity index (χ0) is 19.2. The Morgan fingerprint density at radius 1 is 0.793 bits per heavy atom. The van der Waals surface area contributed by atoms with Crippen LogP contribution in [0.4, 0.5) is 0 Å². The molecule has 130 valence electrons. The fraction of sp³-hybridized carbons (Fsp3) is 0. The average molecular weight is 510 g/mol. The van der Waals surface area contributed by atoms with Crippen molar-refractivity contribution >= 4 is 70.8 Å². The minimum Gasteiger partial charge on any atom is -0.587 e. The molecule has 0 saturated heterocycles. The van der Waals surface area contributed by atoms with Gasteiger partial charge in [0.1, 0.15) is 0 Å². The van der Waals surface area contributed by atoms with Crippen LogP contribution >= 0.6 is 15.9 Å². The molecule has 29 heavy (non-hydrogen) atoms. The van der Waals surface area contributed by atoms with E-state index in [2.05, 4.69) is 27.3 Å². The first-order chi connectivity index (χ1) is 13.6. The van der Waals surface area contributed by atoms with Crippen molar-refractivity contribution < 1.29 is 67.8 Å². The number of carbonyl (C=O) groups is 2. The number of nitrogens with zero attached hydrogens (tertiary/aromatic N) is 2. The summed E-state index contributed by atoms with van der Waals surface area (Å²) < 4.78 is 0.770. The second-order valence-electron chi connectivity index (χ2n) is 6.92. The van der Waals surface area contributed by atoms with Gasteiger partial charge in [-0.25, -0.2) is 0 Å². The number of amides is 2. The molecule has 0 aliphatic carbocycles. The summed E-state index contributed by atoms with van der Waals surface area (Å²) in [5.41, 5.74) is 1.40. The molecule has 1 heterocycles. The molecule has 0 spiro atoms. The molecule has 6 rings (SSSR count). The molecule has 5 aromatic rings. The first-order valence-electron chi connectivity index (χ1n) is 8.66. The molecule has 0 N–H and O–H groups in total. The van der Waals surface area contributed by atoms with Crippen molar-refractivity contribution in [3.8, 4) is 6.07 Å². The molecule has 1 aliphatic rings. The van der Waals surface area contributed by atoms with Crippen LogP contribution in [0, 0.1) is 11.3 Å². The van der Waals surface area contributed by atoms with Gasteiger partial charge < -0.3 is 14.9 Å². The van der Waals surface area contributed by atoms with E-state index in [1.54, 1.807) is 12.1 Å². The molecule has 0 bridgehead atoms. The molecule has 0 saturated carbocycles. The summed E-state index contributed by atoms with van der Waals surface area (Å²) >= 11 is 3.64. The molecule has 2 amide bonds. The van der Waals surface area contributed by atoms with Crippen molar-refractivity contribution in [1.82, 2.24) is 0 Å². The van der Waals surface area contributed by atoms with E-state index < -0.39 is 11.8 Å². The van der Waals surface area contributed by atoms with E-state index in [-0.39, 0.29) is 58.2 Å². The Labute approximate surface area is 222 Å². The zero-order valence-electron chi connectivity index (χ0n) is 15.2. The zero-order valence-corrected chi connectivity index (χ0v) is 21.7. The minimum absolute atomic E-state index is 0. The molecule has 0 atom stereocenters. The van der Waals surface area contributed by atoms with Gasteiger partial charge >= 0.3 is 58.2 Å². The van der Waals surface area contributed by atoms with Gasteiger partial charge in [0, 0.05) is 31.8 Å². The van der Waals surface area contributed by atoms with Gasteiger partial charge in [-0.2, -0.15) is 5.26 Å². The number of fused-ring (bicyclic) bond motifs is 2. The summed E-state index contributed by atoms with van der Waals surface area (Å²) in [5.74, 6) is -1.05. The number of hydrogen-bond acceptors (Lipinski definition) is 3. The Bertz CT molecular complexity index is 1600. The van der Waals surface area contributed by atoms with E-state index in [0.717, 1.165) is 42.2 Å². The van der Waals surface area contributed by atoms with Crippen molar-refractivity contribution in [2.24, 2.45) is 0 Å². The molecule has 0 unspecified atom stereocenters. The first kappa shape index (κ1) is 19.3. The molecular formula is C23H8BrN2O2Rb. The number of hydrogen-bond donors (Lipinski definition) is 0. The summed E-state index contributed by atoms with van der Waals surface area (Å²) in [4.78, 5) is 24.9. The van der Waals surface area contributed by atoms with Crippen LogP contribution in [0.5, 0.6) is 0 Å². The summed E-state index contributed by atoms with van der Waals surface area (Å²) in [6.45, 7) is 0. The van der Waals surface area contributed by atoms with Crippen LogP contribution < -0.4 is 58.2 Å². The maximum absolute atomic E-state index is 12.5. The standard InChI is InChI=1S/C23H9BrN2O2.Rb/c24-16-8-15-19-14(22(27)26-23(15)28)7-6-13-18-11(9-25)5-4-10-2-1-3-12(17(10)18)20(16)21(13)19;/h1-8H,(H,26,27,28);/q;+1/p-1. The van der Waals surface area contributed by atoms with E-state index in [0.29, 0.717) is 22.1 Å². The summed E-state index contributed by atoms with van der Waals surface area (Å²) in [5, 5.41) is 20.5. The monoisotopic (exact) mass is 508 g/mol. The van der Waals surface area contributed by atoms with Gasteiger partial charge in [0.2, 0.25) is 0 Å². The second kappa shape index (κ2) is 6.66. The topological polar surface area (TPSA) is 72.0 Å². The third kappa shape index (κ3) is 2.41. The predicted molar refractivity (Wildman–Crippen MR) is 112 cm³/mol. The summed E-state index contributed by atoms with van der Waals surface area (Å²) in [6.07, 6.45) is 0.